The number of likely N-dealkylation sites (tertiary alicyclic amines) is 1. The second-order valence-electron chi connectivity index (χ2n) is 5.46. The molecule has 1 aliphatic carbocycles. The quantitative estimate of drug-likeness (QED) is 0.850. The predicted octanol–water partition coefficient (Wildman–Crippen LogP) is 2.43. The first-order chi connectivity index (χ1) is 8.33. The fraction of sp³-hybridized carbons (Fsp3) is 0.643. The van der Waals surface area contributed by atoms with Crippen molar-refractivity contribution in [2.24, 2.45) is 5.92 Å². The number of nitrogen functional groups attached to an aromatic ring is 1. The van der Waals surface area contributed by atoms with Gasteiger partial charge in [0.25, 0.3) is 0 Å². The fourth-order valence-corrected chi connectivity index (χ4v) is 3.46. The minimum atomic E-state index is 0.616. The summed E-state index contributed by atoms with van der Waals surface area (Å²) >= 11 is 0. The second-order valence-corrected chi connectivity index (χ2v) is 5.46. The molecule has 0 spiro atoms. The fourth-order valence-electron chi connectivity index (χ4n) is 3.46. The minimum Gasteiger partial charge on any atom is -0.384 e. The standard InChI is InChI=1S/C14H21N3/c15-14-6-5-11(9-16-14)10-17-8-7-12-3-1-2-4-13(12)17/h5-6,9,12-13H,1-4,7-8,10H2,(H2,15,16). The van der Waals surface area contributed by atoms with Gasteiger partial charge in [-0.15, -0.1) is 0 Å². The van der Waals surface area contributed by atoms with Crippen molar-refractivity contribution in [2.75, 3.05) is 12.3 Å². The SMILES string of the molecule is Nc1ccc(CN2CCC3CCCCC32)cn1. The molecule has 1 saturated heterocycles. The van der Waals surface area contributed by atoms with Crippen LogP contribution in [0, 0.1) is 5.92 Å². The van der Waals surface area contributed by atoms with Crippen LogP contribution < -0.4 is 5.73 Å². The zero-order chi connectivity index (χ0) is 11.7. The van der Waals surface area contributed by atoms with Gasteiger partial charge in [0.1, 0.15) is 5.82 Å². The number of hydrogen-bond acceptors (Lipinski definition) is 3. The van der Waals surface area contributed by atoms with Gasteiger partial charge in [0.2, 0.25) is 0 Å². The van der Waals surface area contributed by atoms with Crippen LogP contribution in [0.2, 0.25) is 0 Å². The molecule has 1 aromatic rings. The molecule has 0 amide bonds. The molecule has 92 valence electrons. The summed E-state index contributed by atoms with van der Waals surface area (Å²) in [7, 11) is 0. The Bertz CT molecular complexity index is 374. The highest BCUT2D eigenvalue weighted by atomic mass is 15.2. The van der Waals surface area contributed by atoms with Crippen LogP contribution in [0.1, 0.15) is 37.7 Å². The number of fused-ring (bicyclic) bond motifs is 1. The van der Waals surface area contributed by atoms with E-state index in [0.29, 0.717) is 5.82 Å². The van der Waals surface area contributed by atoms with Crippen molar-refractivity contribution in [3.05, 3.63) is 23.9 Å². The molecule has 2 aliphatic rings. The number of rotatable bonds is 2. The van der Waals surface area contributed by atoms with Gasteiger partial charge < -0.3 is 5.73 Å². The van der Waals surface area contributed by atoms with Crippen LogP contribution in [-0.2, 0) is 6.54 Å². The smallest absolute Gasteiger partial charge is 0.123 e. The number of nitrogens with zero attached hydrogens (tertiary/aromatic N) is 2. The lowest BCUT2D eigenvalue weighted by Crippen LogP contribution is -2.34. The first kappa shape index (κ1) is 11.0. The van der Waals surface area contributed by atoms with Crippen molar-refractivity contribution in [2.45, 2.75) is 44.7 Å². The van der Waals surface area contributed by atoms with Crippen LogP contribution >= 0.6 is 0 Å². The minimum absolute atomic E-state index is 0.616. The highest BCUT2D eigenvalue weighted by molar-refractivity contribution is 5.29. The van der Waals surface area contributed by atoms with E-state index in [-0.39, 0.29) is 0 Å². The van der Waals surface area contributed by atoms with E-state index < -0.39 is 0 Å². The molecule has 17 heavy (non-hydrogen) atoms. The van der Waals surface area contributed by atoms with Crippen LogP contribution in [0.25, 0.3) is 0 Å². The number of nitrogens with two attached hydrogens (primary N) is 1. The van der Waals surface area contributed by atoms with Crippen LogP contribution in [0.5, 0.6) is 0 Å². The van der Waals surface area contributed by atoms with Crippen LogP contribution in [0.3, 0.4) is 0 Å². The van der Waals surface area contributed by atoms with Gasteiger partial charge in [0.05, 0.1) is 0 Å². The molecule has 3 heteroatoms. The molecule has 1 aromatic heterocycles. The van der Waals surface area contributed by atoms with Crippen LogP contribution in [0.4, 0.5) is 5.82 Å². The van der Waals surface area contributed by atoms with Gasteiger partial charge in [-0.1, -0.05) is 18.9 Å². The maximum atomic E-state index is 5.62. The molecule has 2 heterocycles. The van der Waals surface area contributed by atoms with E-state index in [1.807, 2.05) is 12.3 Å². The van der Waals surface area contributed by atoms with E-state index >= 15 is 0 Å². The van der Waals surface area contributed by atoms with Gasteiger partial charge in [-0.05, 0) is 43.4 Å². The number of pyridine rings is 1. The van der Waals surface area contributed by atoms with E-state index in [1.165, 1.54) is 44.2 Å². The van der Waals surface area contributed by atoms with Crippen molar-refractivity contribution in [1.29, 1.82) is 0 Å². The van der Waals surface area contributed by atoms with Gasteiger partial charge in [0, 0.05) is 18.8 Å². The average Bonchev–Trinajstić information content (AvgIpc) is 2.76. The Morgan fingerprint density at radius 3 is 2.94 bits per heavy atom. The Morgan fingerprint density at radius 2 is 2.12 bits per heavy atom. The lowest BCUT2D eigenvalue weighted by molar-refractivity contribution is 0.176. The zero-order valence-electron chi connectivity index (χ0n) is 10.3. The molecule has 2 fully saturated rings. The topological polar surface area (TPSA) is 42.1 Å². The van der Waals surface area contributed by atoms with Crippen molar-refractivity contribution >= 4 is 5.82 Å². The van der Waals surface area contributed by atoms with Crippen molar-refractivity contribution in [3.63, 3.8) is 0 Å². The zero-order valence-corrected chi connectivity index (χ0v) is 10.3. The number of anilines is 1. The summed E-state index contributed by atoms with van der Waals surface area (Å²) in [6, 6.07) is 4.85. The van der Waals surface area contributed by atoms with E-state index in [2.05, 4.69) is 16.0 Å². The third-order valence-electron chi connectivity index (χ3n) is 4.36. The first-order valence-electron chi connectivity index (χ1n) is 6.77. The van der Waals surface area contributed by atoms with Crippen LogP contribution in [0.15, 0.2) is 18.3 Å². The Hall–Kier alpha value is -1.09. The number of aromatic nitrogens is 1. The molecular formula is C14H21N3. The Balaban J connectivity index is 1.67. The molecule has 0 bridgehead atoms. The highest BCUT2D eigenvalue weighted by Gasteiger charge is 2.35. The van der Waals surface area contributed by atoms with Crippen molar-refractivity contribution < 1.29 is 0 Å². The van der Waals surface area contributed by atoms with Crippen molar-refractivity contribution in [3.8, 4) is 0 Å². The molecule has 3 rings (SSSR count). The lowest BCUT2D eigenvalue weighted by Gasteiger charge is -2.31. The third-order valence-corrected chi connectivity index (χ3v) is 4.36. The molecule has 0 aromatic carbocycles. The van der Waals surface area contributed by atoms with E-state index in [9.17, 15) is 0 Å². The average molecular weight is 231 g/mol. The predicted molar refractivity (Wildman–Crippen MR) is 69.4 cm³/mol. The van der Waals surface area contributed by atoms with Crippen LogP contribution in [-0.4, -0.2) is 22.5 Å². The molecular weight excluding hydrogens is 210 g/mol. The summed E-state index contributed by atoms with van der Waals surface area (Å²) in [5, 5.41) is 0. The molecule has 0 radical (unpaired) electrons. The summed E-state index contributed by atoms with van der Waals surface area (Å²) in [6.45, 7) is 2.31. The summed E-state index contributed by atoms with van der Waals surface area (Å²) in [6.07, 6.45) is 9.02. The Kier molecular flexibility index (Phi) is 3.02. The lowest BCUT2D eigenvalue weighted by atomic mass is 9.85. The molecule has 2 unspecified atom stereocenters. The monoisotopic (exact) mass is 231 g/mol. The van der Waals surface area contributed by atoms with Gasteiger partial charge in [-0.3, -0.25) is 4.90 Å². The largest absolute Gasteiger partial charge is 0.384 e. The first-order valence-corrected chi connectivity index (χ1v) is 6.77. The summed E-state index contributed by atoms with van der Waals surface area (Å²) in [5.41, 5.74) is 6.91. The molecule has 2 atom stereocenters. The van der Waals surface area contributed by atoms with E-state index in [4.69, 9.17) is 5.73 Å². The number of hydrogen-bond donors (Lipinski definition) is 1. The maximum Gasteiger partial charge on any atom is 0.123 e. The van der Waals surface area contributed by atoms with Crippen molar-refractivity contribution in [1.82, 2.24) is 9.88 Å². The van der Waals surface area contributed by atoms with Gasteiger partial charge in [-0.2, -0.15) is 0 Å². The summed E-state index contributed by atoms with van der Waals surface area (Å²) in [5.74, 6) is 1.58. The molecule has 3 nitrogen and oxygen atoms in total. The van der Waals surface area contributed by atoms with Gasteiger partial charge in [0.15, 0.2) is 0 Å². The van der Waals surface area contributed by atoms with Gasteiger partial charge >= 0.3 is 0 Å². The summed E-state index contributed by atoms with van der Waals surface area (Å²) < 4.78 is 0. The Morgan fingerprint density at radius 1 is 1.24 bits per heavy atom. The summed E-state index contributed by atoms with van der Waals surface area (Å²) in [4.78, 5) is 6.83. The second kappa shape index (κ2) is 4.65. The normalized spacial score (nSPS) is 29.2. The molecule has 1 aliphatic heterocycles. The third kappa shape index (κ3) is 2.29. The molecule has 1 saturated carbocycles. The highest BCUT2D eigenvalue weighted by Crippen LogP contribution is 2.36. The van der Waals surface area contributed by atoms with E-state index in [1.54, 1.807) is 0 Å². The molecule has 2 N–H and O–H groups in total. The van der Waals surface area contributed by atoms with Gasteiger partial charge in [-0.25, -0.2) is 4.98 Å². The van der Waals surface area contributed by atoms with E-state index in [0.717, 1.165) is 18.5 Å². The Labute approximate surface area is 103 Å². The maximum absolute atomic E-state index is 5.62.